The third kappa shape index (κ3) is 5.64. The Morgan fingerprint density at radius 2 is 1.75 bits per heavy atom. The summed E-state index contributed by atoms with van der Waals surface area (Å²) in [5.74, 6) is -0.670. The summed E-state index contributed by atoms with van der Waals surface area (Å²) >= 11 is 0. The predicted octanol–water partition coefficient (Wildman–Crippen LogP) is 2.59. The van der Waals surface area contributed by atoms with Crippen LogP contribution in [-0.2, 0) is 9.53 Å². The molecule has 1 atom stereocenters. The largest absolute Gasteiger partial charge is 0.469 e. The number of nitrogens with zero attached hydrogens (tertiary/aromatic N) is 2. The Labute approximate surface area is 145 Å². The van der Waals surface area contributed by atoms with Crippen LogP contribution in [0.1, 0.15) is 36.7 Å². The van der Waals surface area contributed by atoms with Crippen LogP contribution in [0.2, 0.25) is 0 Å². The summed E-state index contributed by atoms with van der Waals surface area (Å²) in [7, 11) is 1.38. The molecule has 0 saturated heterocycles. The summed E-state index contributed by atoms with van der Waals surface area (Å²) in [5, 5.41) is 0. The lowest BCUT2D eigenvalue weighted by Crippen LogP contribution is -2.42. The number of hydrogen-bond acceptors (Lipinski definition) is 4. The smallest absolute Gasteiger partial charge is 0.310 e. The van der Waals surface area contributed by atoms with E-state index >= 15 is 0 Å². The first-order valence-corrected chi connectivity index (χ1v) is 8.59. The molecule has 0 aliphatic rings. The second-order valence-corrected chi connectivity index (χ2v) is 6.02. The SMILES string of the molecule is CCN(CC)CCN(CC(C)C(=O)OC)C(=O)c1ccccc1C. The monoisotopic (exact) mass is 334 g/mol. The van der Waals surface area contributed by atoms with Gasteiger partial charge in [-0.1, -0.05) is 39.0 Å². The fourth-order valence-corrected chi connectivity index (χ4v) is 2.67. The average molecular weight is 334 g/mol. The van der Waals surface area contributed by atoms with E-state index in [1.807, 2.05) is 31.2 Å². The molecular formula is C19H30N2O3. The molecule has 5 heteroatoms. The Morgan fingerprint density at radius 1 is 1.12 bits per heavy atom. The highest BCUT2D eigenvalue weighted by Crippen LogP contribution is 2.13. The summed E-state index contributed by atoms with van der Waals surface area (Å²) in [6, 6.07) is 7.56. The third-order valence-corrected chi connectivity index (χ3v) is 4.34. The van der Waals surface area contributed by atoms with Gasteiger partial charge in [0.2, 0.25) is 0 Å². The second kappa shape index (κ2) is 10.1. The van der Waals surface area contributed by atoms with Crippen LogP contribution >= 0.6 is 0 Å². The minimum Gasteiger partial charge on any atom is -0.469 e. The molecule has 0 spiro atoms. The molecule has 0 aromatic heterocycles. The second-order valence-electron chi connectivity index (χ2n) is 6.02. The van der Waals surface area contributed by atoms with Gasteiger partial charge in [0.25, 0.3) is 5.91 Å². The van der Waals surface area contributed by atoms with Gasteiger partial charge in [-0.15, -0.1) is 0 Å². The zero-order chi connectivity index (χ0) is 18.1. The molecule has 1 amide bonds. The van der Waals surface area contributed by atoms with E-state index < -0.39 is 0 Å². The van der Waals surface area contributed by atoms with Crippen molar-refractivity contribution in [1.82, 2.24) is 9.80 Å². The van der Waals surface area contributed by atoms with E-state index in [9.17, 15) is 9.59 Å². The van der Waals surface area contributed by atoms with Gasteiger partial charge >= 0.3 is 5.97 Å². The zero-order valence-electron chi connectivity index (χ0n) is 15.5. The first-order valence-electron chi connectivity index (χ1n) is 8.59. The van der Waals surface area contributed by atoms with Crippen molar-refractivity contribution in [3.63, 3.8) is 0 Å². The number of aryl methyl sites for hydroxylation is 1. The highest BCUT2D eigenvalue weighted by molar-refractivity contribution is 5.95. The topological polar surface area (TPSA) is 49.9 Å². The maximum absolute atomic E-state index is 13.0. The number of likely N-dealkylation sites (N-methyl/N-ethyl adjacent to an activating group) is 1. The quantitative estimate of drug-likeness (QED) is 0.651. The van der Waals surface area contributed by atoms with E-state index in [1.54, 1.807) is 11.8 Å². The highest BCUT2D eigenvalue weighted by atomic mass is 16.5. The standard InChI is InChI=1S/C19H30N2O3/c1-6-20(7-2)12-13-21(14-16(4)19(23)24-5)18(22)17-11-9-8-10-15(17)3/h8-11,16H,6-7,12-14H2,1-5H3. The number of benzene rings is 1. The highest BCUT2D eigenvalue weighted by Gasteiger charge is 2.23. The number of methoxy groups -OCH3 is 1. The predicted molar refractivity (Wildman–Crippen MR) is 96.1 cm³/mol. The molecule has 0 fully saturated rings. The molecule has 0 aliphatic heterocycles. The maximum Gasteiger partial charge on any atom is 0.310 e. The van der Waals surface area contributed by atoms with E-state index in [4.69, 9.17) is 4.74 Å². The minimum absolute atomic E-state index is 0.0315. The van der Waals surface area contributed by atoms with Crippen molar-refractivity contribution in [2.24, 2.45) is 5.92 Å². The molecular weight excluding hydrogens is 304 g/mol. The Hall–Kier alpha value is -1.88. The number of esters is 1. The van der Waals surface area contributed by atoms with Crippen LogP contribution in [0.15, 0.2) is 24.3 Å². The molecule has 0 heterocycles. The van der Waals surface area contributed by atoms with Crippen LogP contribution in [-0.4, -0.2) is 61.5 Å². The van der Waals surface area contributed by atoms with Crippen molar-refractivity contribution in [3.8, 4) is 0 Å². The van der Waals surface area contributed by atoms with Crippen LogP contribution < -0.4 is 0 Å². The molecule has 5 nitrogen and oxygen atoms in total. The third-order valence-electron chi connectivity index (χ3n) is 4.34. The van der Waals surface area contributed by atoms with E-state index in [2.05, 4.69) is 18.7 Å². The maximum atomic E-state index is 13.0. The lowest BCUT2D eigenvalue weighted by Gasteiger charge is -2.28. The zero-order valence-corrected chi connectivity index (χ0v) is 15.5. The summed E-state index contributed by atoms with van der Waals surface area (Å²) in [6.45, 7) is 11.6. The molecule has 0 saturated carbocycles. The summed E-state index contributed by atoms with van der Waals surface area (Å²) in [4.78, 5) is 28.7. The molecule has 1 aromatic carbocycles. The van der Waals surface area contributed by atoms with E-state index in [0.29, 0.717) is 18.7 Å². The van der Waals surface area contributed by atoms with Crippen LogP contribution in [0.5, 0.6) is 0 Å². The number of hydrogen-bond donors (Lipinski definition) is 0. The number of ether oxygens (including phenoxy) is 1. The Morgan fingerprint density at radius 3 is 2.29 bits per heavy atom. The number of carbonyl (C=O) groups excluding carboxylic acids is 2. The molecule has 0 radical (unpaired) electrons. The van der Waals surface area contributed by atoms with Crippen molar-refractivity contribution in [2.75, 3.05) is 39.8 Å². The molecule has 0 N–H and O–H groups in total. The summed E-state index contributed by atoms with van der Waals surface area (Å²) in [6.07, 6.45) is 0. The van der Waals surface area contributed by atoms with Gasteiger partial charge in [-0.2, -0.15) is 0 Å². The first kappa shape index (κ1) is 20.2. The van der Waals surface area contributed by atoms with Gasteiger partial charge in [-0.3, -0.25) is 9.59 Å². The van der Waals surface area contributed by atoms with Crippen molar-refractivity contribution in [3.05, 3.63) is 35.4 Å². The van der Waals surface area contributed by atoms with Crippen molar-refractivity contribution in [2.45, 2.75) is 27.7 Å². The Kier molecular flexibility index (Phi) is 8.47. The van der Waals surface area contributed by atoms with Crippen LogP contribution in [0, 0.1) is 12.8 Å². The molecule has 134 valence electrons. The van der Waals surface area contributed by atoms with Gasteiger partial charge in [-0.25, -0.2) is 0 Å². The Balaban J connectivity index is 2.92. The van der Waals surface area contributed by atoms with Crippen LogP contribution in [0.25, 0.3) is 0 Å². The van der Waals surface area contributed by atoms with Gasteiger partial charge in [0.15, 0.2) is 0 Å². The van der Waals surface area contributed by atoms with Gasteiger partial charge in [0, 0.05) is 25.2 Å². The fourth-order valence-electron chi connectivity index (χ4n) is 2.67. The normalized spacial score (nSPS) is 12.1. The average Bonchev–Trinajstić information content (AvgIpc) is 2.60. The van der Waals surface area contributed by atoms with Crippen molar-refractivity contribution < 1.29 is 14.3 Å². The number of rotatable bonds is 9. The van der Waals surface area contributed by atoms with Gasteiger partial charge < -0.3 is 14.5 Å². The van der Waals surface area contributed by atoms with Crippen LogP contribution in [0.3, 0.4) is 0 Å². The lowest BCUT2D eigenvalue weighted by atomic mass is 10.1. The molecule has 1 unspecified atom stereocenters. The van der Waals surface area contributed by atoms with Gasteiger partial charge in [0.1, 0.15) is 0 Å². The Bertz CT molecular complexity index is 541. The van der Waals surface area contributed by atoms with Gasteiger partial charge in [0.05, 0.1) is 13.0 Å². The van der Waals surface area contributed by atoms with E-state index in [1.165, 1.54) is 7.11 Å². The first-order chi connectivity index (χ1) is 11.4. The van der Waals surface area contributed by atoms with Crippen LogP contribution in [0.4, 0.5) is 0 Å². The van der Waals surface area contributed by atoms with E-state index in [0.717, 1.165) is 25.2 Å². The molecule has 1 rings (SSSR count). The summed E-state index contributed by atoms with van der Waals surface area (Å²) < 4.78 is 4.80. The fraction of sp³-hybridized carbons (Fsp3) is 0.579. The molecule has 0 bridgehead atoms. The molecule has 24 heavy (non-hydrogen) atoms. The molecule has 1 aromatic rings. The molecule has 0 aliphatic carbocycles. The lowest BCUT2D eigenvalue weighted by molar-refractivity contribution is -0.145. The summed E-state index contributed by atoms with van der Waals surface area (Å²) in [5.41, 5.74) is 1.63. The minimum atomic E-state index is -0.348. The number of carbonyl (C=O) groups is 2. The van der Waals surface area contributed by atoms with Crippen molar-refractivity contribution in [1.29, 1.82) is 0 Å². The number of amides is 1. The van der Waals surface area contributed by atoms with Gasteiger partial charge in [-0.05, 0) is 31.6 Å². The van der Waals surface area contributed by atoms with Crippen molar-refractivity contribution >= 4 is 11.9 Å². The van der Waals surface area contributed by atoms with E-state index in [-0.39, 0.29) is 17.8 Å².